The molecule has 24 heavy (non-hydrogen) atoms. The maximum absolute atomic E-state index is 12.4. The molecule has 0 saturated heterocycles. The summed E-state index contributed by atoms with van der Waals surface area (Å²) < 4.78 is 16.0. The molecule has 6 nitrogen and oxygen atoms in total. The van der Waals surface area contributed by atoms with Gasteiger partial charge in [0.15, 0.2) is 17.3 Å². The Morgan fingerprint density at radius 2 is 2.04 bits per heavy atom. The zero-order valence-electron chi connectivity index (χ0n) is 13.0. The molecule has 2 aromatic carbocycles. The van der Waals surface area contributed by atoms with Crippen molar-refractivity contribution in [1.82, 2.24) is 0 Å². The molecule has 1 aliphatic rings. The maximum Gasteiger partial charge on any atom is 0.231 e. The number of methoxy groups -OCH3 is 1. The number of allylic oxidation sites excluding steroid dienone is 1. The fourth-order valence-corrected chi connectivity index (χ4v) is 2.36. The lowest BCUT2D eigenvalue weighted by molar-refractivity contribution is 0.101. The van der Waals surface area contributed by atoms with Crippen molar-refractivity contribution in [2.24, 2.45) is 0 Å². The highest BCUT2D eigenvalue weighted by molar-refractivity contribution is 6.14. The van der Waals surface area contributed by atoms with Crippen LogP contribution >= 0.6 is 0 Å². The molecule has 0 atom stereocenters. The topological polar surface area (TPSA) is 85.2 Å². The molecule has 1 heterocycles. The quantitative estimate of drug-likeness (QED) is 0.820. The van der Waals surface area contributed by atoms with Crippen LogP contribution < -0.4 is 14.2 Å². The van der Waals surface area contributed by atoms with E-state index < -0.39 is 0 Å². The lowest BCUT2D eigenvalue weighted by Gasteiger charge is -2.05. The van der Waals surface area contributed by atoms with Gasteiger partial charge < -0.3 is 24.4 Å². The number of hydrogen-bond donors (Lipinski definition) is 2. The lowest BCUT2D eigenvalue weighted by atomic mass is 10.1. The highest BCUT2D eigenvalue weighted by Crippen LogP contribution is 2.35. The number of hydrogen-bond acceptors (Lipinski definition) is 6. The molecule has 6 heteroatoms. The van der Waals surface area contributed by atoms with Crippen LogP contribution in [0.1, 0.15) is 15.9 Å². The summed E-state index contributed by atoms with van der Waals surface area (Å²) in [6, 6.07) is 9.64. The van der Waals surface area contributed by atoms with Gasteiger partial charge in [0.1, 0.15) is 18.1 Å². The van der Waals surface area contributed by atoms with Crippen molar-refractivity contribution in [3.05, 3.63) is 53.3 Å². The van der Waals surface area contributed by atoms with Gasteiger partial charge >= 0.3 is 0 Å². The average Bonchev–Trinajstić information content (AvgIpc) is 2.90. The Kier molecular flexibility index (Phi) is 4.39. The standard InChI is InChI=1S/C18H16O6/c1-22-16-8-11(2-5-14(16)20)9-17-18(21)13-4-3-12(23-7-6-19)10-15(13)24-17/h2-5,8-10,19-20H,6-7H2,1H3/b17-9-. The molecule has 124 valence electrons. The van der Waals surface area contributed by atoms with Gasteiger partial charge in [-0.15, -0.1) is 0 Å². The molecular formula is C18H16O6. The van der Waals surface area contributed by atoms with Crippen LogP contribution in [0.3, 0.4) is 0 Å². The average molecular weight is 328 g/mol. The van der Waals surface area contributed by atoms with Crippen LogP contribution in [0.4, 0.5) is 0 Å². The van der Waals surface area contributed by atoms with E-state index in [4.69, 9.17) is 19.3 Å². The molecule has 2 aromatic rings. The van der Waals surface area contributed by atoms with Crippen LogP contribution in [0.5, 0.6) is 23.0 Å². The summed E-state index contributed by atoms with van der Waals surface area (Å²) in [5, 5.41) is 18.4. The van der Waals surface area contributed by atoms with Crippen LogP contribution in [-0.2, 0) is 0 Å². The number of ketones is 1. The van der Waals surface area contributed by atoms with Crippen molar-refractivity contribution in [2.45, 2.75) is 0 Å². The highest BCUT2D eigenvalue weighted by atomic mass is 16.5. The van der Waals surface area contributed by atoms with Crippen molar-refractivity contribution in [2.75, 3.05) is 20.3 Å². The van der Waals surface area contributed by atoms with E-state index in [0.29, 0.717) is 28.4 Å². The molecule has 0 aromatic heterocycles. The van der Waals surface area contributed by atoms with E-state index in [0.717, 1.165) is 0 Å². The minimum atomic E-state index is -0.231. The normalized spacial score (nSPS) is 14.4. The summed E-state index contributed by atoms with van der Waals surface area (Å²) in [4.78, 5) is 12.4. The maximum atomic E-state index is 12.4. The molecule has 1 aliphatic heterocycles. The van der Waals surface area contributed by atoms with E-state index in [9.17, 15) is 9.90 Å². The number of aromatic hydroxyl groups is 1. The molecule has 0 aliphatic carbocycles. The van der Waals surface area contributed by atoms with Gasteiger partial charge in [-0.2, -0.15) is 0 Å². The van der Waals surface area contributed by atoms with Gasteiger partial charge in [-0.05, 0) is 35.9 Å². The number of phenolic OH excluding ortho intramolecular Hbond substituents is 1. The number of fused-ring (bicyclic) bond motifs is 1. The Morgan fingerprint density at radius 3 is 2.79 bits per heavy atom. The van der Waals surface area contributed by atoms with Gasteiger partial charge in [0.05, 0.1) is 19.3 Å². The molecule has 0 unspecified atom stereocenters. The van der Waals surface area contributed by atoms with E-state index in [2.05, 4.69) is 0 Å². The SMILES string of the molecule is COc1cc(/C=C2\Oc3cc(OCCO)ccc3C2=O)ccc1O. The summed E-state index contributed by atoms with van der Waals surface area (Å²) in [5.41, 5.74) is 1.11. The monoisotopic (exact) mass is 328 g/mol. The third-order valence-electron chi connectivity index (χ3n) is 3.50. The van der Waals surface area contributed by atoms with Crippen molar-refractivity contribution in [1.29, 1.82) is 0 Å². The number of phenols is 1. The molecule has 2 N–H and O–H groups in total. The van der Waals surface area contributed by atoms with Gasteiger partial charge in [-0.1, -0.05) is 6.07 Å². The fraction of sp³-hybridized carbons (Fsp3) is 0.167. The van der Waals surface area contributed by atoms with E-state index >= 15 is 0 Å². The van der Waals surface area contributed by atoms with Crippen molar-refractivity contribution < 1.29 is 29.2 Å². The molecular weight excluding hydrogens is 312 g/mol. The lowest BCUT2D eigenvalue weighted by Crippen LogP contribution is -2.01. The smallest absolute Gasteiger partial charge is 0.231 e. The van der Waals surface area contributed by atoms with E-state index in [1.165, 1.54) is 13.2 Å². The van der Waals surface area contributed by atoms with Gasteiger partial charge in [0.2, 0.25) is 5.78 Å². The predicted molar refractivity (Wildman–Crippen MR) is 86.6 cm³/mol. The zero-order valence-corrected chi connectivity index (χ0v) is 13.0. The Labute approximate surface area is 138 Å². The first-order valence-electron chi connectivity index (χ1n) is 7.31. The second kappa shape index (κ2) is 6.64. The van der Waals surface area contributed by atoms with Crippen LogP contribution in [0, 0.1) is 0 Å². The number of ether oxygens (including phenoxy) is 3. The first-order valence-corrected chi connectivity index (χ1v) is 7.31. The molecule has 0 radical (unpaired) electrons. The summed E-state index contributed by atoms with van der Waals surface area (Å²) >= 11 is 0. The Morgan fingerprint density at radius 1 is 1.21 bits per heavy atom. The number of aliphatic hydroxyl groups is 1. The van der Waals surface area contributed by atoms with Gasteiger partial charge in [0.25, 0.3) is 0 Å². The summed E-state index contributed by atoms with van der Waals surface area (Å²) in [7, 11) is 1.45. The molecule has 0 spiro atoms. The fourth-order valence-electron chi connectivity index (χ4n) is 2.36. The van der Waals surface area contributed by atoms with E-state index in [1.807, 2.05) is 0 Å². The predicted octanol–water partition coefficient (Wildman–Crippen LogP) is 2.39. The number of rotatable bonds is 5. The summed E-state index contributed by atoms with van der Waals surface area (Å²) in [6.45, 7) is 0.0768. The van der Waals surface area contributed by atoms with Gasteiger partial charge in [-0.25, -0.2) is 0 Å². The van der Waals surface area contributed by atoms with Crippen LogP contribution in [0.15, 0.2) is 42.2 Å². The third-order valence-corrected chi connectivity index (χ3v) is 3.50. The zero-order chi connectivity index (χ0) is 17.1. The minimum Gasteiger partial charge on any atom is -0.504 e. The second-order valence-electron chi connectivity index (χ2n) is 5.10. The molecule has 0 saturated carbocycles. The van der Waals surface area contributed by atoms with Crippen molar-refractivity contribution in [3.8, 4) is 23.0 Å². The van der Waals surface area contributed by atoms with E-state index in [1.54, 1.807) is 36.4 Å². The van der Waals surface area contributed by atoms with Crippen molar-refractivity contribution in [3.63, 3.8) is 0 Å². The number of aliphatic hydroxyl groups excluding tert-OH is 1. The minimum absolute atomic E-state index is 0.0206. The highest BCUT2D eigenvalue weighted by Gasteiger charge is 2.27. The van der Waals surface area contributed by atoms with Gasteiger partial charge in [0, 0.05) is 6.07 Å². The number of benzene rings is 2. The molecule has 0 bridgehead atoms. The van der Waals surface area contributed by atoms with Crippen LogP contribution in [-0.4, -0.2) is 36.3 Å². The summed E-state index contributed by atoms with van der Waals surface area (Å²) in [5.74, 6) is 1.21. The molecule has 3 rings (SSSR count). The number of carbonyl (C=O) groups excluding carboxylic acids is 1. The van der Waals surface area contributed by atoms with E-state index in [-0.39, 0.29) is 30.5 Å². The van der Waals surface area contributed by atoms with Crippen molar-refractivity contribution >= 4 is 11.9 Å². The molecule has 0 fully saturated rings. The first-order chi connectivity index (χ1) is 11.6. The van der Waals surface area contributed by atoms with Crippen LogP contribution in [0.25, 0.3) is 6.08 Å². The van der Waals surface area contributed by atoms with Crippen LogP contribution in [0.2, 0.25) is 0 Å². The molecule has 0 amide bonds. The first kappa shape index (κ1) is 15.9. The third kappa shape index (κ3) is 3.04. The summed E-state index contributed by atoms with van der Waals surface area (Å²) in [6.07, 6.45) is 1.58. The second-order valence-corrected chi connectivity index (χ2v) is 5.10. The number of Topliss-reactive ketones (excluding diaryl/α,β-unsaturated/α-hetero) is 1. The largest absolute Gasteiger partial charge is 0.504 e. The number of carbonyl (C=O) groups is 1. The Balaban J connectivity index is 1.87. The van der Waals surface area contributed by atoms with Gasteiger partial charge in [-0.3, -0.25) is 4.79 Å². The Bertz CT molecular complexity index is 809. The Hall–Kier alpha value is -2.99.